The van der Waals surface area contributed by atoms with Crippen LogP contribution < -0.4 is 0 Å². The Bertz CT molecular complexity index is 7790. The predicted molar refractivity (Wildman–Crippen MR) is 535 cm³/mol. The summed E-state index contributed by atoms with van der Waals surface area (Å²) in [6.07, 6.45) is 30.0. The largest absolute Gasteiger partial charge is 0.309 e. The molecule has 22 aromatic rings. The first-order valence-corrected chi connectivity index (χ1v) is 44.3. The minimum absolute atomic E-state index is 0.136. The quantitative estimate of drug-likeness (QED) is 0.0941. The van der Waals surface area contributed by atoms with Crippen LogP contribution in [0.5, 0.6) is 0 Å². The van der Waals surface area contributed by atoms with Crippen LogP contribution in [0.25, 0.3) is 194 Å². The summed E-state index contributed by atoms with van der Waals surface area (Å²) >= 11 is 0. The van der Waals surface area contributed by atoms with Gasteiger partial charge in [-0.1, -0.05) is 226 Å². The van der Waals surface area contributed by atoms with Crippen LogP contribution in [0.1, 0.15) is 47.2 Å². The van der Waals surface area contributed by atoms with E-state index >= 15 is 0 Å². The fraction of sp³-hybridized carbons (Fsp3) is 0.0328. The summed E-state index contributed by atoms with van der Waals surface area (Å²) in [5.74, 6) is 0. The van der Waals surface area contributed by atoms with Crippen LogP contribution in [0.4, 0.5) is 0 Å². The van der Waals surface area contributed by atoms with Crippen molar-refractivity contribution >= 4 is 21.8 Å². The van der Waals surface area contributed by atoms with Crippen molar-refractivity contribution in [2.24, 2.45) is 0 Å². The highest BCUT2D eigenvalue weighted by Gasteiger charge is 2.46. The van der Waals surface area contributed by atoms with Crippen LogP contribution >= 0.6 is 0 Å². The molecule has 616 valence electrons. The van der Waals surface area contributed by atoms with Crippen molar-refractivity contribution in [3.05, 3.63) is 503 Å². The highest BCUT2D eigenvalue weighted by Crippen LogP contribution is 2.58. The van der Waals surface area contributed by atoms with Gasteiger partial charge in [-0.2, -0.15) is 0 Å². The van der Waals surface area contributed by atoms with Gasteiger partial charge in [-0.3, -0.25) is 39.9 Å². The third-order valence-corrected chi connectivity index (χ3v) is 26.4. The van der Waals surface area contributed by atoms with Crippen molar-refractivity contribution in [3.63, 3.8) is 0 Å². The standard InChI is InChI=1S/C63H42N4.C59H41N5/c1-3-15-57(16-4-1)63(58-17-5-2-6-18-58)61-20-8-7-19-59(61)60-22-21-49(38-62(60)63)52-34-50(45-11-9-13-47(31-45)55-36-53(39-66-41-55)43-23-27-64-28-24-43)33-51(35-52)46-12-10-14-48(32-46)56-37-54(40-67-42-56)44-25-29-65-30-26-44;1-59(2)55-15-5-3-13-51(55)53-32-54-52-14-4-6-16-57(52)64(58(54)33-56(53)59)50-30-44(40-9-7-11-42(25-40)48-28-46(34-62-36-48)38-17-21-60-22-18-38)27-45(31-50)41-10-8-12-43(26-41)49-29-47(35-63-37-49)39-19-23-61-24-20-39/h1-42H;3-37H,1-2H3. The molecule has 0 amide bonds. The fourth-order valence-corrected chi connectivity index (χ4v) is 20.0. The van der Waals surface area contributed by atoms with E-state index in [1.165, 1.54) is 77.4 Å². The van der Waals surface area contributed by atoms with E-state index in [1.807, 2.05) is 148 Å². The predicted octanol–water partition coefficient (Wildman–Crippen LogP) is 30.0. The van der Waals surface area contributed by atoms with Gasteiger partial charge >= 0.3 is 0 Å². The van der Waals surface area contributed by atoms with Gasteiger partial charge in [0.15, 0.2) is 0 Å². The maximum absolute atomic E-state index is 4.67. The lowest BCUT2D eigenvalue weighted by atomic mass is 9.67. The molecule has 9 nitrogen and oxygen atoms in total. The van der Waals surface area contributed by atoms with E-state index in [0.717, 1.165) is 150 Å². The van der Waals surface area contributed by atoms with E-state index in [0.29, 0.717) is 0 Å². The van der Waals surface area contributed by atoms with Crippen molar-refractivity contribution < 1.29 is 0 Å². The first kappa shape index (κ1) is 78.6. The number of benzene rings is 13. The molecule has 0 N–H and O–H groups in total. The van der Waals surface area contributed by atoms with Crippen molar-refractivity contribution in [2.45, 2.75) is 24.7 Å². The van der Waals surface area contributed by atoms with Crippen molar-refractivity contribution in [3.8, 4) is 173 Å². The van der Waals surface area contributed by atoms with E-state index in [2.05, 4.69) is 380 Å². The molecular formula is C122H83N9. The second kappa shape index (κ2) is 33.3. The lowest BCUT2D eigenvalue weighted by molar-refractivity contribution is 0.661. The number of para-hydroxylation sites is 1. The Morgan fingerprint density at radius 1 is 0.176 bits per heavy atom. The zero-order valence-electron chi connectivity index (χ0n) is 72.0. The highest BCUT2D eigenvalue weighted by atomic mass is 15.0. The lowest BCUT2D eigenvalue weighted by Crippen LogP contribution is -2.28. The van der Waals surface area contributed by atoms with Crippen molar-refractivity contribution in [2.75, 3.05) is 0 Å². The normalized spacial score (nSPS) is 12.5. The molecule has 0 fully saturated rings. The monoisotopic (exact) mass is 1670 g/mol. The second-order valence-electron chi connectivity index (χ2n) is 34.4. The van der Waals surface area contributed by atoms with Crippen LogP contribution in [0.15, 0.2) is 469 Å². The van der Waals surface area contributed by atoms with Crippen LogP contribution in [0.3, 0.4) is 0 Å². The molecule has 0 radical (unpaired) electrons. The van der Waals surface area contributed by atoms with E-state index < -0.39 is 5.41 Å². The number of hydrogen-bond donors (Lipinski definition) is 0. The molecule has 0 spiro atoms. The molecule has 0 unspecified atom stereocenters. The second-order valence-corrected chi connectivity index (χ2v) is 34.4. The molecular weight excluding hydrogens is 1590 g/mol. The summed E-state index contributed by atoms with van der Waals surface area (Å²) in [5, 5.41) is 2.49. The average molecular weight is 1680 g/mol. The maximum Gasteiger partial charge on any atom is 0.0713 e. The molecule has 0 bridgehead atoms. The first-order valence-electron chi connectivity index (χ1n) is 44.3. The summed E-state index contributed by atoms with van der Waals surface area (Å²) in [4.78, 5) is 35.6. The van der Waals surface area contributed by atoms with Gasteiger partial charge in [0.1, 0.15) is 0 Å². The number of pyridine rings is 8. The van der Waals surface area contributed by atoms with E-state index in [4.69, 9.17) is 0 Å². The molecule has 2 aliphatic carbocycles. The highest BCUT2D eigenvalue weighted by molar-refractivity contribution is 6.12. The van der Waals surface area contributed by atoms with Crippen LogP contribution in [0.2, 0.25) is 0 Å². The molecule has 2 aliphatic rings. The summed E-state index contributed by atoms with van der Waals surface area (Å²) in [5.41, 5.74) is 44.3. The smallest absolute Gasteiger partial charge is 0.0713 e. The van der Waals surface area contributed by atoms with Gasteiger partial charge < -0.3 is 4.57 Å². The van der Waals surface area contributed by atoms with E-state index in [-0.39, 0.29) is 5.41 Å². The van der Waals surface area contributed by atoms with Crippen molar-refractivity contribution in [1.29, 1.82) is 0 Å². The van der Waals surface area contributed by atoms with Gasteiger partial charge in [-0.25, -0.2) is 0 Å². The van der Waals surface area contributed by atoms with Crippen LogP contribution in [0, 0.1) is 0 Å². The summed E-state index contributed by atoms with van der Waals surface area (Å²) in [7, 11) is 0. The van der Waals surface area contributed by atoms with Gasteiger partial charge in [-0.15, -0.1) is 0 Å². The number of aromatic nitrogens is 9. The molecule has 131 heavy (non-hydrogen) atoms. The number of fused-ring (bicyclic) bond motifs is 9. The fourth-order valence-electron chi connectivity index (χ4n) is 20.0. The first-order chi connectivity index (χ1) is 64.6. The number of rotatable bonds is 16. The topological polar surface area (TPSA) is 108 Å². The summed E-state index contributed by atoms with van der Waals surface area (Å²) in [6, 6.07) is 135. The molecule has 0 saturated heterocycles. The number of hydrogen-bond acceptors (Lipinski definition) is 8. The Morgan fingerprint density at radius 2 is 0.481 bits per heavy atom. The Morgan fingerprint density at radius 3 is 0.885 bits per heavy atom. The maximum atomic E-state index is 4.67. The Balaban J connectivity index is 0.000000149. The van der Waals surface area contributed by atoms with E-state index in [9.17, 15) is 0 Å². The third kappa shape index (κ3) is 14.5. The minimum atomic E-state index is -0.509. The SMILES string of the molecule is CC1(C)c2ccccc2-c2cc3c4ccccc4n(-c4cc(-c5cccc(-c6cncc(-c7ccncc7)c6)c5)cc(-c5cccc(-c6cncc(-c7ccncc7)c6)c5)c4)c3cc21.c1ccc(C2(c3ccccc3)c3ccccc3-c3ccc(-c4cc(-c5cccc(-c6cncc(-c7ccncc7)c6)c5)cc(-c5cccc(-c6cncc(-c7ccncc7)c6)c5)c4)cc32)cc1. The van der Waals surface area contributed by atoms with Crippen LogP contribution in [-0.4, -0.2) is 44.4 Å². The molecule has 24 rings (SSSR count). The molecule has 9 heterocycles. The van der Waals surface area contributed by atoms with E-state index in [1.54, 1.807) is 0 Å². The Labute approximate surface area is 761 Å². The zero-order chi connectivity index (χ0) is 87.4. The Hall–Kier alpha value is -17.1. The van der Waals surface area contributed by atoms with Crippen molar-refractivity contribution in [1.82, 2.24) is 44.4 Å². The van der Waals surface area contributed by atoms with Gasteiger partial charge in [0.25, 0.3) is 0 Å². The van der Waals surface area contributed by atoms with Gasteiger partial charge in [0, 0.05) is 166 Å². The average Bonchev–Trinajstić information content (AvgIpc) is 1.55. The van der Waals surface area contributed by atoms with Gasteiger partial charge in [0.05, 0.1) is 16.4 Å². The molecule has 9 heteroatoms. The molecule has 0 atom stereocenters. The van der Waals surface area contributed by atoms with Gasteiger partial charge in [-0.05, 0) is 314 Å². The van der Waals surface area contributed by atoms with Gasteiger partial charge in [0.2, 0.25) is 0 Å². The molecule has 9 aromatic heterocycles. The summed E-state index contributed by atoms with van der Waals surface area (Å²) in [6.45, 7) is 4.72. The lowest BCUT2D eigenvalue weighted by Gasteiger charge is -2.34. The molecule has 0 saturated carbocycles. The Kier molecular flexibility index (Phi) is 20.0. The minimum Gasteiger partial charge on any atom is -0.309 e. The molecule has 13 aromatic carbocycles. The molecule has 0 aliphatic heterocycles. The van der Waals surface area contributed by atoms with Crippen LogP contribution in [-0.2, 0) is 10.8 Å². The third-order valence-electron chi connectivity index (χ3n) is 26.4. The number of nitrogens with zero attached hydrogens (tertiary/aromatic N) is 9. The summed E-state index contributed by atoms with van der Waals surface area (Å²) < 4.78 is 2.48. The zero-order valence-corrected chi connectivity index (χ0v) is 72.0.